The van der Waals surface area contributed by atoms with Crippen LogP contribution in [0.2, 0.25) is 0 Å². The highest BCUT2D eigenvalue weighted by Gasteiger charge is 2.52. The number of carboxylic acid groups (broad SMARTS) is 1. The number of aliphatic hydroxyl groups excluding tert-OH is 2. The van der Waals surface area contributed by atoms with Gasteiger partial charge in [-0.3, -0.25) is 58.1 Å². The van der Waals surface area contributed by atoms with Crippen molar-refractivity contribution in [1.29, 1.82) is 0 Å². The normalized spacial score (nSPS) is 21.9. The van der Waals surface area contributed by atoms with Crippen molar-refractivity contribution in [3.63, 3.8) is 0 Å². The number of hydrogen-bond acceptors (Lipinski definition) is 17. The topological polar surface area (TPSA) is 533 Å². The smallest absolute Gasteiger partial charge is 0.326 e. The molecule has 5 aliphatic rings. The van der Waals surface area contributed by atoms with Gasteiger partial charge in [-0.1, -0.05) is 43.2 Å². The lowest BCUT2D eigenvalue weighted by atomic mass is 9.84. The van der Waals surface area contributed by atoms with Gasteiger partial charge >= 0.3 is 5.97 Å². The van der Waals surface area contributed by atoms with Crippen LogP contribution in [0.25, 0.3) is 0 Å². The van der Waals surface area contributed by atoms with Gasteiger partial charge in [0.2, 0.25) is 53.2 Å². The van der Waals surface area contributed by atoms with Gasteiger partial charge in [0.1, 0.15) is 48.3 Å². The largest absolute Gasteiger partial charge is 0.480 e. The lowest BCUT2D eigenvalue weighted by Gasteiger charge is -2.38. The van der Waals surface area contributed by atoms with Crippen LogP contribution in [0, 0.1) is 11.8 Å². The molecule has 1 saturated carbocycles. The van der Waals surface area contributed by atoms with Crippen molar-refractivity contribution < 1.29 is 63.3 Å². The third kappa shape index (κ3) is 19.9. The second-order valence-electron chi connectivity index (χ2n) is 24.4. The summed E-state index contributed by atoms with van der Waals surface area (Å²) in [6, 6.07) is -0.809. The number of likely N-dealkylation sites (tertiary alicyclic amines) is 3. The lowest BCUT2D eigenvalue weighted by Crippen LogP contribution is -2.62. The Morgan fingerprint density at radius 1 is 0.624 bits per heavy atom. The lowest BCUT2D eigenvalue weighted by molar-refractivity contribution is -0.148. The van der Waals surface area contributed by atoms with Crippen molar-refractivity contribution in [3.05, 3.63) is 57.8 Å². The standard InChI is InChI=1S/C60H91N19O13S/c61-38(14-5-19-68-58(62)63)49(83)73-39(15-6-20-69-59(64)65)54(88)77-22-8-18-44(77)55(89)78-30-36(81)27-45(78)52(86)71-29-47(82)72-41(28-37-13-9-23-93-37)50(84)75-42(31-80)51(85)76-48(35-24-32-10-1-2-11-33(32)25-35)56(90)79-43-17-4-3-12-34(43)26-46(79)53(87)74-40(57(91)92)16-7-21-70-60(66)67/h1-2,9-11,13,23,34-36,38-46,48,80-81H,3-8,12,14-22,24-31,61H2,(H,71,86)(H,72,82)(H,73,83)(H,74,87)(H,75,84)(H,76,85)(H,91,92)(H4,62,63,68)(H4,64,65,69)(H4,66,67,70)/t34-,36+,38+,39-,40-,41-,42-,43-,44-,45-,46-,48+/m0/s1. The molecular weight excluding hydrogens is 1230 g/mol. The second-order valence-corrected chi connectivity index (χ2v) is 25.4. The number of nitrogens with one attached hydrogen (secondary N) is 6. The Kier molecular flexibility index (Phi) is 26.4. The summed E-state index contributed by atoms with van der Waals surface area (Å²) in [5.41, 5.74) is 40.7. The molecule has 33 heteroatoms. The van der Waals surface area contributed by atoms with Crippen molar-refractivity contribution in [1.82, 2.24) is 46.6 Å². The van der Waals surface area contributed by atoms with Crippen LogP contribution in [-0.2, 0) is 67.2 Å². The average Bonchev–Trinajstić information content (AvgIpc) is 1.64. The van der Waals surface area contributed by atoms with Crippen LogP contribution in [0.1, 0.15) is 106 Å². The van der Waals surface area contributed by atoms with E-state index in [0.29, 0.717) is 43.4 Å². The van der Waals surface area contributed by atoms with Crippen LogP contribution in [0.4, 0.5) is 0 Å². The van der Waals surface area contributed by atoms with Gasteiger partial charge in [-0.25, -0.2) is 4.79 Å². The summed E-state index contributed by atoms with van der Waals surface area (Å²) in [4.78, 5) is 157. The number of thiophene rings is 1. The SMILES string of the molecule is NC(N)=NCCC[C@@H](N)C(=O)N[C@@H](CCCN=C(N)N)C(=O)N1CCC[C@H]1C(=O)N1C[C@H](O)C[C@H]1C(=O)NCC(=O)N[C@@H](Cc1cccs1)C(=O)N[C@@H](CO)C(=O)N[C@@H](C(=O)N1[C@H](C(=O)N[C@@H](CCCN=C(N)N)C(=O)O)C[C@@H]2CCCC[C@@H]21)C1Cc2ccccc2C1. The van der Waals surface area contributed by atoms with Gasteiger partial charge in [0.15, 0.2) is 17.9 Å². The number of carbonyl (C=O) groups excluding carboxylic acids is 9. The van der Waals surface area contributed by atoms with Gasteiger partial charge in [-0.05, 0) is 118 Å². The summed E-state index contributed by atoms with van der Waals surface area (Å²) in [6.45, 7) is -1.36. The average molecular weight is 1320 g/mol. The van der Waals surface area contributed by atoms with Crippen molar-refractivity contribution in [2.75, 3.05) is 45.9 Å². The molecule has 7 rings (SSSR count). The molecule has 510 valence electrons. The number of carboxylic acids is 1. The van der Waals surface area contributed by atoms with E-state index in [4.69, 9.17) is 40.1 Å². The van der Waals surface area contributed by atoms with Crippen molar-refractivity contribution in [2.24, 2.45) is 66.9 Å². The number of nitrogens with zero attached hydrogens (tertiary/aromatic N) is 6. The molecule has 1 aromatic carbocycles. The maximum atomic E-state index is 15.4. The zero-order valence-corrected chi connectivity index (χ0v) is 52.9. The number of aliphatic imine (C=N–C) groups is 3. The first-order valence-electron chi connectivity index (χ1n) is 31.7. The Labute approximate surface area is 542 Å². The number of benzene rings is 1. The number of aliphatic hydroxyl groups is 2. The maximum Gasteiger partial charge on any atom is 0.326 e. The zero-order valence-electron chi connectivity index (χ0n) is 52.1. The second kappa shape index (κ2) is 34.3. The first kappa shape index (κ1) is 71.7. The van der Waals surface area contributed by atoms with E-state index in [9.17, 15) is 58.5 Å². The highest BCUT2D eigenvalue weighted by atomic mass is 32.1. The molecule has 3 saturated heterocycles. The van der Waals surface area contributed by atoms with E-state index < -0.39 is 145 Å². The third-order valence-corrected chi connectivity index (χ3v) is 18.6. The monoisotopic (exact) mass is 1320 g/mol. The van der Waals surface area contributed by atoms with E-state index in [0.717, 1.165) is 28.9 Å². The van der Waals surface area contributed by atoms with Crippen LogP contribution >= 0.6 is 11.3 Å². The Bertz CT molecular complexity index is 3040. The Morgan fingerprint density at radius 2 is 1.24 bits per heavy atom. The minimum Gasteiger partial charge on any atom is -0.480 e. The first-order chi connectivity index (χ1) is 44.4. The van der Waals surface area contributed by atoms with Crippen molar-refractivity contribution in [3.8, 4) is 0 Å². The molecule has 9 amide bonds. The predicted molar refractivity (Wildman–Crippen MR) is 342 cm³/mol. The summed E-state index contributed by atoms with van der Waals surface area (Å²) in [7, 11) is 0. The molecule has 2 aliphatic carbocycles. The van der Waals surface area contributed by atoms with Gasteiger partial charge in [-0.15, -0.1) is 11.3 Å². The zero-order chi connectivity index (χ0) is 67.5. The molecule has 0 radical (unpaired) electrons. The van der Waals surface area contributed by atoms with Crippen LogP contribution < -0.4 is 72.0 Å². The fourth-order valence-corrected chi connectivity index (χ4v) is 13.9. The molecule has 32 nitrogen and oxygen atoms in total. The van der Waals surface area contributed by atoms with Crippen LogP contribution in [0.15, 0.2) is 56.8 Å². The molecule has 12 atom stereocenters. The Hall–Kier alpha value is -8.69. The molecule has 3 aliphatic heterocycles. The van der Waals surface area contributed by atoms with Crippen LogP contribution in [-0.4, -0.2) is 219 Å². The summed E-state index contributed by atoms with van der Waals surface area (Å²) in [5, 5.41) is 49.4. The van der Waals surface area contributed by atoms with Gasteiger partial charge < -0.3 is 102 Å². The van der Waals surface area contributed by atoms with Gasteiger partial charge in [0.25, 0.3) is 0 Å². The van der Waals surface area contributed by atoms with E-state index in [2.05, 4.69) is 46.9 Å². The van der Waals surface area contributed by atoms with Crippen molar-refractivity contribution in [2.45, 2.75) is 176 Å². The number of hydrogen-bond donors (Lipinski definition) is 16. The van der Waals surface area contributed by atoms with Gasteiger partial charge in [0.05, 0.1) is 25.3 Å². The molecule has 4 fully saturated rings. The number of β-amino-alcohol motifs (C(OH)–C–C–N with tert-alkyl or cyclic N) is 1. The number of nitrogens with two attached hydrogens (primary N) is 7. The number of fused-ring (bicyclic) bond motifs is 2. The molecule has 0 spiro atoms. The highest BCUT2D eigenvalue weighted by molar-refractivity contribution is 7.09. The van der Waals surface area contributed by atoms with Gasteiger partial charge in [-0.2, -0.15) is 0 Å². The molecular formula is C60H91N19O13S. The van der Waals surface area contributed by atoms with E-state index in [1.54, 1.807) is 17.5 Å². The minimum absolute atomic E-state index is 0.00266. The summed E-state index contributed by atoms with van der Waals surface area (Å²) < 4.78 is 0. The predicted octanol–water partition coefficient (Wildman–Crippen LogP) is -5.08. The van der Waals surface area contributed by atoms with Gasteiger partial charge in [0, 0.05) is 56.5 Å². The molecule has 4 heterocycles. The summed E-state index contributed by atoms with van der Waals surface area (Å²) in [5.74, 6) is -9.04. The number of aliphatic carboxylic acids is 1. The fraction of sp³-hybridized carbons (Fsp3) is 0.617. The number of guanidine groups is 3. The van der Waals surface area contributed by atoms with E-state index in [-0.39, 0.29) is 114 Å². The first-order valence-corrected chi connectivity index (χ1v) is 32.6. The highest BCUT2D eigenvalue weighted by Crippen LogP contribution is 2.41. The molecule has 2 aromatic rings. The summed E-state index contributed by atoms with van der Waals surface area (Å²) in [6.07, 6.45) is 4.08. The summed E-state index contributed by atoms with van der Waals surface area (Å²) >= 11 is 1.27. The number of rotatable bonds is 32. The third-order valence-electron chi connectivity index (χ3n) is 17.7. The quantitative estimate of drug-likeness (QED) is 0.0185. The molecule has 93 heavy (non-hydrogen) atoms. The van der Waals surface area contributed by atoms with Crippen LogP contribution in [0.3, 0.4) is 0 Å². The maximum absolute atomic E-state index is 15.4. The fourth-order valence-electron chi connectivity index (χ4n) is 13.2. The molecule has 0 unspecified atom stereocenters. The molecule has 1 aromatic heterocycles. The minimum atomic E-state index is -1.68. The van der Waals surface area contributed by atoms with Crippen LogP contribution in [0.5, 0.6) is 0 Å². The Morgan fingerprint density at radius 3 is 1.85 bits per heavy atom. The van der Waals surface area contributed by atoms with E-state index >= 15 is 4.79 Å². The molecule has 23 N–H and O–H groups in total. The number of amides is 9. The number of carbonyl (C=O) groups is 10. The Balaban J connectivity index is 1.02. The van der Waals surface area contributed by atoms with E-state index in [1.807, 2.05) is 24.3 Å². The van der Waals surface area contributed by atoms with E-state index in [1.165, 1.54) is 21.1 Å². The molecule has 0 bridgehead atoms. The van der Waals surface area contributed by atoms with Crippen molar-refractivity contribution >= 4 is 88.3 Å².